The number of rotatable bonds is 8. The van der Waals surface area contributed by atoms with Gasteiger partial charge >= 0.3 is 12.1 Å². The number of fused-ring (bicyclic) bond motifs is 1. The molecule has 9 heteroatoms. The largest absolute Gasteiger partial charge is 0.497 e. The second-order valence-corrected chi connectivity index (χ2v) is 12.0. The Morgan fingerprint density at radius 2 is 1.61 bits per heavy atom. The van der Waals surface area contributed by atoms with Gasteiger partial charge in [0.15, 0.2) is 0 Å². The van der Waals surface area contributed by atoms with Gasteiger partial charge in [-0.25, -0.2) is 4.79 Å². The van der Waals surface area contributed by atoms with Crippen LogP contribution in [0.15, 0.2) is 54.6 Å². The number of benzene rings is 3. The molecule has 4 aliphatic carbocycles. The highest BCUT2D eigenvalue weighted by molar-refractivity contribution is 6.05. The average Bonchev–Trinajstić information content (AvgIpc) is 2.92. The van der Waals surface area contributed by atoms with Crippen molar-refractivity contribution >= 4 is 22.6 Å². The van der Waals surface area contributed by atoms with E-state index in [0.29, 0.717) is 34.5 Å². The van der Waals surface area contributed by atoms with Gasteiger partial charge in [0.05, 0.1) is 18.2 Å². The summed E-state index contributed by atoms with van der Waals surface area (Å²) in [5.41, 5.74) is -0.554. The summed E-state index contributed by atoms with van der Waals surface area (Å²) in [6.07, 6.45) is 1.43. The number of carboxylic acid groups (broad SMARTS) is 1. The smallest absolute Gasteiger partial charge is 0.416 e. The maximum absolute atomic E-state index is 13.8. The predicted molar refractivity (Wildman–Crippen MR) is 146 cm³/mol. The van der Waals surface area contributed by atoms with Crippen LogP contribution in [0.2, 0.25) is 0 Å². The number of carbonyl (C=O) groups excluding carboxylic acids is 1. The van der Waals surface area contributed by atoms with Gasteiger partial charge in [-0.2, -0.15) is 13.2 Å². The summed E-state index contributed by atoms with van der Waals surface area (Å²) in [6, 6.07) is 12.2. The summed E-state index contributed by atoms with van der Waals surface area (Å²) in [5.74, 6) is 0.800. The number of nitrogens with one attached hydrogen (secondary N) is 1. The Balaban J connectivity index is 1.31. The molecule has 0 aromatic heterocycles. The number of halogens is 3. The Morgan fingerprint density at radius 3 is 2.17 bits per heavy atom. The quantitative estimate of drug-likeness (QED) is 0.311. The van der Waals surface area contributed by atoms with E-state index in [-0.39, 0.29) is 17.9 Å². The highest BCUT2D eigenvalue weighted by atomic mass is 19.4. The zero-order valence-electron chi connectivity index (χ0n) is 22.7. The van der Waals surface area contributed by atoms with Crippen molar-refractivity contribution in [2.75, 3.05) is 7.11 Å². The van der Waals surface area contributed by atoms with Crippen LogP contribution in [0.1, 0.15) is 60.0 Å². The fourth-order valence-corrected chi connectivity index (χ4v) is 7.90. The first-order valence-electron chi connectivity index (χ1n) is 14.0. The fraction of sp³-hybridized carbons (Fsp3) is 0.438. The summed E-state index contributed by atoms with van der Waals surface area (Å²) in [7, 11) is 1.54. The Kier molecular flexibility index (Phi) is 6.86. The molecular weight excluding hydrogens is 535 g/mol. The predicted octanol–water partition coefficient (Wildman–Crippen LogP) is 6.85. The van der Waals surface area contributed by atoms with E-state index in [1.165, 1.54) is 12.1 Å². The molecule has 41 heavy (non-hydrogen) atoms. The minimum Gasteiger partial charge on any atom is -0.497 e. The van der Waals surface area contributed by atoms with Gasteiger partial charge in [-0.05, 0) is 104 Å². The number of hydrogen-bond donors (Lipinski definition) is 2. The first-order valence-corrected chi connectivity index (χ1v) is 14.0. The second-order valence-electron chi connectivity index (χ2n) is 12.0. The lowest BCUT2D eigenvalue weighted by Crippen LogP contribution is -2.59. The zero-order valence-corrected chi connectivity index (χ0v) is 22.7. The molecule has 3 aromatic carbocycles. The Labute approximate surface area is 235 Å². The van der Waals surface area contributed by atoms with Gasteiger partial charge in [-0.3, -0.25) is 4.79 Å². The van der Waals surface area contributed by atoms with Gasteiger partial charge in [0, 0.05) is 10.8 Å². The van der Waals surface area contributed by atoms with E-state index in [0.717, 1.165) is 56.0 Å². The van der Waals surface area contributed by atoms with Crippen molar-refractivity contribution in [3.05, 3.63) is 71.3 Å². The highest BCUT2D eigenvalue weighted by Crippen LogP contribution is 2.61. The topological polar surface area (TPSA) is 84.9 Å². The molecule has 0 aliphatic heterocycles. The normalized spacial score (nSPS) is 25.6. The maximum Gasteiger partial charge on any atom is 0.416 e. The molecule has 4 aliphatic rings. The Bertz CT molecular complexity index is 1450. The first-order chi connectivity index (χ1) is 19.5. The van der Waals surface area contributed by atoms with Gasteiger partial charge < -0.3 is 19.9 Å². The van der Waals surface area contributed by atoms with E-state index in [1.54, 1.807) is 37.4 Å². The van der Waals surface area contributed by atoms with Gasteiger partial charge in [0.2, 0.25) is 0 Å². The van der Waals surface area contributed by atoms with Gasteiger partial charge in [0.25, 0.3) is 5.91 Å². The molecule has 6 nitrogen and oxygen atoms in total. The van der Waals surface area contributed by atoms with Crippen LogP contribution in [0.25, 0.3) is 10.8 Å². The van der Waals surface area contributed by atoms with Crippen LogP contribution in [0.4, 0.5) is 13.2 Å². The molecule has 0 heterocycles. The monoisotopic (exact) mass is 567 g/mol. The third kappa shape index (κ3) is 5.22. The van der Waals surface area contributed by atoms with E-state index in [1.807, 2.05) is 0 Å². The van der Waals surface area contributed by atoms with Gasteiger partial charge in [0.1, 0.15) is 24.1 Å². The summed E-state index contributed by atoms with van der Waals surface area (Å²) in [5, 5.41) is 14.5. The molecule has 4 bridgehead atoms. The first kappa shape index (κ1) is 27.4. The molecule has 0 saturated heterocycles. The Morgan fingerprint density at radius 1 is 0.976 bits per heavy atom. The number of carbonyl (C=O) groups is 2. The molecule has 4 fully saturated rings. The molecule has 216 valence electrons. The molecule has 0 radical (unpaired) electrons. The average molecular weight is 568 g/mol. The number of amides is 1. The summed E-state index contributed by atoms with van der Waals surface area (Å²) in [6.45, 7) is -0.0824. The number of hydrogen-bond acceptors (Lipinski definition) is 4. The molecule has 1 amide bonds. The lowest BCUT2D eigenvalue weighted by atomic mass is 9.47. The van der Waals surface area contributed by atoms with Crippen LogP contribution < -0.4 is 14.8 Å². The van der Waals surface area contributed by atoms with Crippen molar-refractivity contribution in [1.82, 2.24) is 5.32 Å². The van der Waals surface area contributed by atoms with Gasteiger partial charge in [-0.15, -0.1) is 0 Å². The van der Waals surface area contributed by atoms with E-state index >= 15 is 0 Å². The van der Waals surface area contributed by atoms with Crippen LogP contribution in [0, 0.1) is 23.2 Å². The van der Waals surface area contributed by atoms with Crippen molar-refractivity contribution in [1.29, 1.82) is 0 Å². The molecule has 3 aromatic rings. The number of alkyl halides is 3. The Hall–Kier alpha value is -3.75. The number of aliphatic carboxylic acids is 1. The third-order valence-electron chi connectivity index (χ3n) is 9.31. The number of methoxy groups -OCH3 is 1. The van der Waals surface area contributed by atoms with Crippen LogP contribution >= 0.6 is 0 Å². The molecule has 4 saturated carbocycles. The SMILES string of the molecule is COc1ccc2c(OCc3ccc(C(F)(F)F)cc3)c(C(=O)N[C@H](C(=O)O)C34CC5CC(CC(C5)C3)C4)ccc2c1. The third-order valence-corrected chi connectivity index (χ3v) is 9.31. The van der Waals surface area contributed by atoms with Crippen molar-refractivity contribution in [2.24, 2.45) is 23.2 Å². The van der Waals surface area contributed by atoms with E-state index in [9.17, 15) is 27.9 Å². The molecule has 2 N–H and O–H groups in total. The fourth-order valence-electron chi connectivity index (χ4n) is 7.90. The lowest BCUT2D eigenvalue weighted by molar-refractivity contribution is -0.150. The molecule has 7 rings (SSSR count). The van der Waals surface area contributed by atoms with Crippen LogP contribution in [0.5, 0.6) is 11.5 Å². The van der Waals surface area contributed by atoms with Crippen LogP contribution in [-0.4, -0.2) is 30.1 Å². The van der Waals surface area contributed by atoms with Crippen molar-refractivity contribution in [3.63, 3.8) is 0 Å². The highest BCUT2D eigenvalue weighted by Gasteiger charge is 2.56. The molecule has 0 spiro atoms. The molecular formula is C32H32F3NO5. The summed E-state index contributed by atoms with van der Waals surface area (Å²) < 4.78 is 50.5. The van der Waals surface area contributed by atoms with Crippen molar-refractivity contribution in [3.8, 4) is 11.5 Å². The van der Waals surface area contributed by atoms with Gasteiger partial charge in [-0.1, -0.05) is 18.2 Å². The minimum atomic E-state index is -4.45. The second kappa shape index (κ2) is 10.3. The van der Waals surface area contributed by atoms with Crippen molar-refractivity contribution in [2.45, 2.75) is 57.3 Å². The number of ether oxygens (including phenoxy) is 2. The van der Waals surface area contributed by atoms with Crippen molar-refractivity contribution < 1.29 is 37.3 Å². The van der Waals surface area contributed by atoms with E-state index in [4.69, 9.17) is 9.47 Å². The summed E-state index contributed by atoms with van der Waals surface area (Å²) >= 11 is 0. The maximum atomic E-state index is 13.8. The van der Waals surface area contributed by atoms with E-state index in [2.05, 4.69) is 5.32 Å². The molecule has 1 atom stereocenters. The van der Waals surface area contributed by atoms with Crippen LogP contribution in [0.3, 0.4) is 0 Å². The lowest BCUT2D eigenvalue weighted by Gasteiger charge is -2.58. The standard InChI is InChI=1S/C32H32F3NO5/c1-40-24-7-9-25-22(13-24)4-8-26(27(25)41-17-18-2-5-23(6-3-18)32(33,34)35)29(37)36-28(30(38)39)31-14-19-10-20(15-31)12-21(11-19)16-31/h2-9,13,19-21,28H,10-12,14-17H2,1H3,(H,36,37)(H,38,39)/t19?,20?,21?,28-,31?/m1/s1. The number of carboxylic acids is 1. The molecule has 0 unspecified atom stereocenters. The van der Waals surface area contributed by atoms with Crippen LogP contribution in [-0.2, 0) is 17.6 Å². The van der Waals surface area contributed by atoms with E-state index < -0.39 is 35.1 Å². The zero-order chi connectivity index (χ0) is 28.9. The summed E-state index contributed by atoms with van der Waals surface area (Å²) in [4.78, 5) is 26.4. The minimum absolute atomic E-state index is 0.0824.